The van der Waals surface area contributed by atoms with Crippen LogP contribution >= 0.6 is 0 Å². The Bertz CT molecular complexity index is 1100. The molecule has 3 heterocycles. The van der Waals surface area contributed by atoms with Crippen LogP contribution in [0.2, 0.25) is 0 Å². The molecule has 3 aliphatic heterocycles. The second-order valence-electron chi connectivity index (χ2n) is 8.45. The van der Waals surface area contributed by atoms with Gasteiger partial charge < -0.3 is 28.7 Å². The standard InChI is InChI=1S/C25H28N4O4/c1-30-19-5-6-22(31-2)18(11-19)12-21-20-14-24-23(32-16-33-24)13-17(20)7-10-29(21)25(27-15-26)28-8-3-4-9-28/h5-6,11,13-14,21H,3-4,7-10,12,16H2,1-2H3. The van der Waals surface area contributed by atoms with Crippen LogP contribution in [-0.4, -0.2) is 56.4 Å². The van der Waals surface area contributed by atoms with Crippen molar-refractivity contribution in [1.82, 2.24) is 9.80 Å². The van der Waals surface area contributed by atoms with Crippen molar-refractivity contribution in [2.75, 3.05) is 40.6 Å². The first-order valence-electron chi connectivity index (χ1n) is 11.3. The fourth-order valence-corrected chi connectivity index (χ4v) is 5.08. The van der Waals surface area contributed by atoms with E-state index in [1.165, 1.54) is 11.1 Å². The van der Waals surface area contributed by atoms with Gasteiger partial charge in [0, 0.05) is 31.6 Å². The lowest BCUT2D eigenvalue weighted by molar-refractivity contribution is 0.174. The van der Waals surface area contributed by atoms with Crippen LogP contribution in [-0.2, 0) is 12.8 Å². The zero-order chi connectivity index (χ0) is 22.8. The highest BCUT2D eigenvalue weighted by molar-refractivity contribution is 5.82. The average Bonchev–Trinajstić information content (AvgIpc) is 3.53. The van der Waals surface area contributed by atoms with Crippen LogP contribution in [0, 0.1) is 11.5 Å². The van der Waals surface area contributed by atoms with Crippen molar-refractivity contribution >= 4 is 5.96 Å². The lowest BCUT2D eigenvalue weighted by atomic mass is 9.88. The van der Waals surface area contributed by atoms with E-state index in [-0.39, 0.29) is 12.8 Å². The Balaban J connectivity index is 1.60. The second-order valence-corrected chi connectivity index (χ2v) is 8.45. The number of methoxy groups -OCH3 is 2. The number of guanidine groups is 1. The summed E-state index contributed by atoms with van der Waals surface area (Å²) in [6.45, 7) is 2.84. The van der Waals surface area contributed by atoms with Crippen LogP contribution in [0.4, 0.5) is 0 Å². The molecule has 172 valence electrons. The van der Waals surface area contributed by atoms with E-state index in [1.807, 2.05) is 24.4 Å². The molecular weight excluding hydrogens is 420 g/mol. The van der Waals surface area contributed by atoms with Gasteiger partial charge in [0.05, 0.1) is 20.3 Å². The molecule has 3 aliphatic rings. The Kier molecular flexibility index (Phi) is 5.86. The number of ether oxygens (including phenoxy) is 4. The van der Waals surface area contributed by atoms with E-state index in [9.17, 15) is 5.26 Å². The molecular formula is C25H28N4O4. The number of nitriles is 1. The van der Waals surface area contributed by atoms with Gasteiger partial charge >= 0.3 is 0 Å². The highest BCUT2D eigenvalue weighted by atomic mass is 16.7. The molecule has 5 rings (SSSR count). The maximum atomic E-state index is 9.51. The topological polar surface area (TPSA) is 79.6 Å². The summed E-state index contributed by atoms with van der Waals surface area (Å²) in [7, 11) is 3.35. The van der Waals surface area contributed by atoms with E-state index in [0.717, 1.165) is 73.4 Å². The van der Waals surface area contributed by atoms with Crippen LogP contribution < -0.4 is 18.9 Å². The summed E-state index contributed by atoms with van der Waals surface area (Å²) >= 11 is 0. The highest BCUT2D eigenvalue weighted by Gasteiger charge is 2.35. The number of hydrogen-bond acceptors (Lipinski definition) is 6. The lowest BCUT2D eigenvalue weighted by Crippen LogP contribution is -2.48. The number of likely N-dealkylation sites (tertiary alicyclic amines) is 1. The predicted molar refractivity (Wildman–Crippen MR) is 123 cm³/mol. The monoisotopic (exact) mass is 448 g/mol. The fourth-order valence-electron chi connectivity index (χ4n) is 5.08. The van der Waals surface area contributed by atoms with Crippen LogP contribution in [0.3, 0.4) is 0 Å². The van der Waals surface area contributed by atoms with Gasteiger partial charge in [-0.3, -0.25) is 0 Å². The normalized spacial score (nSPS) is 19.3. The number of fused-ring (bicyclic) bond motifs is 2. The number of benzene rings is 2. The molecule has 1 unspecified atom stereocenters. The van der Waals surface area contributed by atoms with Gasteiger partial charge in [-0.15, -0.1) is 4.99 Å². The molecule has 0 saturated carbocycles. The van der Waals surface area contributed by atoms with Crippen molar-refractivity contribution < 1.29 is 18.9 Å². The minimum atomic E-state index is -0.0445. The zero-order valence-corrected chi connectivity index (χ0v) is 19.0. The van der Waals surface area contributed by atoms with Crippen molar-refractivity contribution in [1.29, 1.82) is 5.26 Å². The Morgan fingerprint density at radius 2 is 1.88 bits per heavy atom. The van der Waals surface area contributed by atoms with Crippen LogP contribution in [0.25, 0.3) is 0 Å². The van der Waals surface area contributed by atoms with E-state index < -0.39 is 0 Å². The zero-order valence-electron chi connectivity index (χ0n) is 19.0. The molecule has 33 heavy (non-hydrogen) atoms. The van der Waals surface area contributed by atoms with Gasteiger partial charge in [0.15, 0.2) is 11.5 Å². The van der Waals surface area contributed by atoms with Crippen molar-refractivity contribution in [3.8, 4) is 29.2 Å². The van der Waals surface area contributed by atoms with Gasteiger partial charge in [-0.2, -0.15) is 5.26 Å². The summed E-state index contributed by atoms with van der Waals surface area (Å²) in [5, 5.41) is 9.51. The molecule has 8 nitrogen and oxygen atoms in total. The van der Waals surface area contributed by atoms with E-state index >= 15 is 0 Å². The number of hydrogen-bond donors (Lipinski definition) is 0. The SMILES string of the molecule is COc1ccc(OC)c(CC2c3cc4c(cc3CCN2C(=NC#N)N2CCCC2)OCO4)c1. The molecule has 0 aliphatic carbocycles. The Hall–Kier alpha value is -3.60. The van der Waals surface area contributed by atoms with E-state index in [0.29, 0.717) is 6.42 Å². The van der Waals surface area contributed by atoms with Crippen LogP contribution in [0.15, 0.2) is 35.3 Å². The molecule has 0 bridgehead atoms. The molecule has 1 saturated heterocycles. The first-order valence-corrected chi connectivity index (χ1v) is 11.3. The van der Waals surface area contributed by atoms with Gasteiger partial charge in [0.2, 0.25) is 18.9 Å². The lowest BCUT2D eigenvalue weighted by Gasteiger charge is -2.41. The minimum Gasteiger partial charge on any atom is -0.497 e. The Morgan fingerprint density at radius 1 is 1.09 bits per heavy atom. The minimum absolute atomic E-state index is 0.0445. The summed E-state index contributed by atoms with van der Waals surface area (Å²) in [4.78, 5) is 8.81. The van der Waals surface area contributed by atoms with Gasteiger partial charge in [-0.25, -0.2) is 0 Å². The fraction of sp³-hybridized carbons (Fsp3) is 0.440. The number of aliphatic imine (C=N–C) groups is 1. The summed E-state index contributed by atoms with van der Waals surface area (Å²) in [6, 6.07) is 10.0. The third kappa shape index (κ3) is 3.99. The van der Waals surface area contributed by atoms with Crippen LogP contribution in [0.5, 0.6) is 23.0 Å². The molecule has 0 aromatic heterocycles. The summed E-state index contributed by atoms with van der Waals surface area (Å²) in [5.74, 6) is 3.90. The summed E-state index contributed by atoms with van der Waals surface area (Å²) in [6.07, 6.45) is 5.79. The largest absolute Gasteiger partial charge is 0.497 e. The molecule has 8 heteroatoms. The molecule has 0 radical (unpaired) electrons. The third-order valence-electron chi connectivity index (χ3n) is 6.69. The van der Waals surface area contributed by atoms with Crippen molar-refractivity contribution in [2.45, 2.75) is 31.7 Å². The molecule has 0 N–H and O–H groups in total. The summed E-state index contributed by atoms with van der Waals surface area (Å²) in [5.41, 5.74) is 3.44. The molecule has 2 aromatic rings. The van der Waals surface area contributed by atoms with Crippen LogP contribution in [0.1, 0.15) is 35.6 Å². The van der Waals surface area contributed by atoms with Crippen molar-refractivity contribution in [2.24, 2.45) is 4.99 Å². The molecule has 0 spiro atoms. The van der Waals surface area contributed by atoms with Gasteiger partial charge in [-0.05, 0) is 60.7 Å². The maximum Gasteiger partial charge on any atom is 0.231 e. The Morgan fingerprint density at radius 3 is 2.61 bits per heavy atom. The smallest absolute Gasteiger partial charge is 0.231 e. The quantitative estimate of drug-likeness (QED) is 0.402. The first kappa shape index (κ1) is 21.3. The van der Waals surface area contributed by atoms with Gasteiger partial charge in [-0.1, -0.05) is 0 Å². The Labute approximate surface area is 193 Å². The third-order valence-corrected chi connectivity index (χ3v) is 6.69. The molecule has 2 aromatic carbocycles. The first-order chi connectivity index (χ1) is 16.2. The van der Waals surface area contributed by atoms with Crippen molar-refractivity contribution in [3.63, 3.8) is 0 Å². The predicted octanol–water partition coefficient (Wildman–Crippen LogP) is 3.51. The van der Waals surface area contributed by atoms with Gasteiger partial charge in [0.25, 0.3) is 0 Å². The molecule has 1 atom stereocenters. The van der Waals surface area contributed by atoms with E-state index in [2.05, 4.69) is 26.9 Å². The average molecular weight is 449 g/mol. The van der Waals surface area contributed by atoms with Crippen molar-refractivity contribution in [3.05, 3.63) is 47.0 Å². The number of nitrogens with zero attached hydrogens (tertiary/aromatic N) is 4. The molecule has 1 fully saturated rings. The van der Waals surface area contributed by atoms with E-state index in [1.54, 1.807) is 14.2 Å². The van der Waals surface area contributed by atoms with Gasteiger partial charge in [0.1, 0.15) is 11.5 Å². The number of rotatable bonds is 4. The maximum absolute atomic E-state index is 9.51. The highest BCUT2D eigenvalue weighted by Crippen LogP contribution is 2.43. The second kappa shape index (κ2) is 9.10. The van der Waals surface area contributed by atoms with E-state index in [4.69, 9.17) is 18.9 Å². The summed E-state index contributed by atoms with van der Waals surface area (Å²) < 4.78 is 22.5. The molecule has 0 amide bonds.